The van der Waals surface area contributed by atoms with Crippen LogP contribution in [-0.2, 0) is 20.6 Å². The molecule has 2 saturated carbocycles. The molecule has 1 heterocycles. The summed E-state index contributed by atoms with van der Waals surface area (Å²) < 4.78 is 27.3. The largest absolute Gasteiger partial charge is 0.353 e. The monoisotopic (exact) mass is 444 g/mol. The van der Waals surface area contributed by atoms with Crippen LogP contribution in [0.15, 0.2) is 18.2 Å². The number of carbonyl (C=O) groups excluding carboxylic acids is 1. The number of piperidine rings is 1. The van der Waals surface area contributed by atoms with Gasteiger partial charge in [-0.3, -0.25) is 4.79 Å². The Bertz CT molecular complexity index is 841. The maximum atomic E-state index is 13.0. The van der Waals surface area contributed by atoms with Gasteiger partial charge in [0.1, 0.15) is 0 Å². The van der Waals surface area contributed by atoms with E-state index in [0.29, 0.717) is 34.5 Å². The molecule has 2 bridgehead atoms. The second-order valence-electron chi connectivity index (χ2n) is 8.44. The van der Waals surface area contributed by atoms with Crippen molar-refractivity contribution in [1.29, 1.82) is 0 Å². The van der Waals surface area contributed by atoms with Crippen molar-refractivity contribution in [3.8, 4) is 0 Å². The lowest BCUT2D eigenvalue weighted by atomic mass is 9.93. The average molecular weight is 445 g/mol. The van der Waals surface area contributed by atoms with Crippen LogP contribution in [0.4, 0.5) is 0 Å². The Hall–Kier alpha value is -0.820. The smallest absolute Gasteiger partial charge is 0.224 e. The Labute approximate surface area is 176 Å². The Morgan fingerprint density at radius 2 is 1.89 bits per heavy atom. The third-order valence-electron chi connectivity index (χ3n) is 6.60. The second kappa shape index (κ2) is 8.13. The van der Waals surface area contributed by atoms with E-state index < -0.39 is 10.0 Å². The van der Waals surface area contributed by atoms with Crippen molar-refractivity contribution in [3.63, 3.8) is 0 Å². The Morgan fingerprint density at radius 3 is 2.54 bits per heavy atom. The highest BCUT2D eigenvalue weighted by atomic mass is 35.5. The molecule has 1 amide bonds. The van der Waals surface area contributed by atoms with E-state index in [1.807, 2.05) is 0 Å². The molecule has 1 aromatic rings. The van der Waals surface area contributed by atoms with Gasteiger partial charge in [0, 0.05) is 34.7 Å². The molecule has 1 saturated heterocycles. The van der Waals surface area contributed by atoms with Crippen LogP contribution < -0.4 is 5.32 Å². The zero-order chi connectivity index (χ0) is 19.9. The van der Waals surface area contributed by atoms with Crippen molar-refractivity contribution in [2.24, 2.45) is 17.8 Å². The van der Waals surface area contributed by atoms with Crippen molar-refractivity contribution < 1.29 is 13.2 Å². The molecule has 1 aliphatic heterocycles. The van der Waals surface area contributed by atoms with Crippen LogP contribution in [0.25, 0.3) is 0 Å². The number of carbonyl (C=O) groups is 1. The van der Waals surface area contributed by atoms with Crippen molar-refractivity contribution in [1.82, 2.24) is 9.62 Å². The van der Waals surface area contributed by atoms with Gasteiger partial charge in [0.2, 0.25) is 15.9 Å². The van der Waals surface area contributed by atoms with Gasteiger partial charge in [0.05, 0.1) is 11.7 Å². The minimum atomic E-state index is -3.60. The van der Waals surface area contributed by atoms with Crippen LogP contribution in [0.2, 0.25) is 10.0 Å². The van der Waals surface area contributed by atoms with Gasteiger partial charge in [0.25, 0.3) is 0 Å². The Kier molecular flexibility index (Phi) is 5.94. The first kappa shape index (κ1) is 20.5. The first-order valence-corrected chi connectivity index (χ1v) is 12.4. The molecular formula is C20H26Cl2N2O3S. The normalized spacial score (nSPS) is 30.5. The minimum absolute atomic E-state index is 0.00762. The maximum absolute atomic E-state index is 13.0. The van der Waals surface area contributed by atoms with E-state index in [9.17, 15) is 13.2 Å². The maximum Gasteiger partial charge on any atom is 0.224 e. The molecule has 1 aromatic carbocycles. The van der Waals surface area contributed by atoms with E-state index in [1.165, 1.54) is 23.6 Å². The zero-order valence-corrected chi connectivity index (χ0v) is 18.1. The van der Waals surface area contributed by atoms with Crippen molar-refractivity contribution >= 4 is 39.1 Å². The number of nitrogens with zero attached hydrogens (tertiary/aromatic N) is 1. The molecule has 4 atom stereocenters. The molecule has 28 heavy (non-hydrogen) atoms. The molecule has 0 radical (unpaired) electrons. The lowest BCUT2D eigenvalue weighted by molar-refractivity contribution is -0.127. The van der Waals surface area contributed by atoms with E-state index in [4.69, 9.17) is 23.2 Å². The van der Waals surface area contributed by atoms with Gasteiger partial charge in [0.15, 0.2) is 0 Å². The third-order valence-corrected chi connectivity index (χ3v) is 9.08. The van der Waals surface area contributed by atoms with Crippen LogP contribution in [0.5, 0.6) is 0 Å². The average Bonchev–Trinajstić information content (AvgIpc) is 3.28. The highest BCUT2D eigenvalue weighted by Crippen LogP contribution is 2.44. The summed E-state index contributed by atoms with van der Waals surface area (Å²) in [6.45, 7) is 0.666. The number of hydrogen-bond acceptors (Lipinski definition) is 3. The van der Waals surface area contributed by atoms with E-state index in [0.717, 1.165) is 18.8 Å². The van der Waals surface area contributed by atoms with Crippen LogP contribution in [-0.4, -0.2) is 37.8 Å². The number of rotatable bonds is 5. The summed E-state index contributed by atoms with van der Waals surface area (Å²) in [7, 11) is -3.60. The molecule has 2 aliphatic carbocycles. The predicted octanol–water partition coefficient (Wildman–Crippen LogP) is 3.84. The van der Waals surface area contributed by atoms with Crippen LogP contribution in [0.3, 0.4) is 0 Å². The highest BCUT2D eigenvalue weighted by molar-refractivity contribution is 7.88. The standard InChI is InChI=1S/C20H26Cl2N2O3S/c21-17-4-1-5-18(22)16(17)12-28(26,27)24-8-2-3-15(11-24)20(25)23-19-10-13-6-7-14(19)9-13/h1,4-5,13-15,19H,2-3,6-12H2,(H,23,25)/t13-,14-,15+,19-/m1/s1. The molecule has 0 unspecified atom stereocenters. The molecule has 0 spiro atoms. The van der Waals surface area contributed by atoms with Gasteiger partial charge in [-0.1, -0.05) is 35.7 Å². The summed E-state index contributed by atoms with van der Waals surface area (Å²) in [5.74, 6) is 0.850. The van der Waals surface area contributed by atoms with E-state index in [2.05, 4.69) is 5.32 Å². The molecule has 1 N–H and O–H groups in total. The summed E-state index contributed by atoms with van der Waals surface area (Å²) in [5.41, 5.74) is 0.416. The first-order valence-electron chi connectivity index (χ1n) is 10.0. The minimum Gasteiger partial charge on any atom is -0.353 e. The SMILES string of the molecule is O=C(N[C@@H]1C[C@@H]2CC[C@@H]1C2)[C@H]1CCCN(S(=O)(=O)Cc2c(Cl)cccc2Cl)C1. The van der Waals surface area contributed by atoms with E-state index in [1.54, 1.807) is 18.2 Å². The summed E-state index contributed by atoms with van der Waals surface area (Å²) >= 11 is 12.3. The number of halogens is 2. The lowest BCUT2D eigenvalue weighted by Gasteiger charge is -2.33. The van der Waals surface area contributed by atoms with Gasteiger partial charge in [-0.15, -0.1) is 0 Å². The van der Waals surface area contributed by atoms with E-state index >= 15 is 0 Å². The van der Waals surface area contributed by atoms with Gasteiger partial charge in [-0.2, -0.15) is 0 Å². The fourth-order valence-electron chi connectivity index (χ4n) is 5.08. The molecule has 5 nitrogen and oxygen atoms in total. The van der Waals surface area contributed by atoms with Crippen LogP contribution in [0.1, 0.15) is 44.1 Å². The molecular weight excluding hydrogens is 419 g/mol. The number of hydrogen-bond donors (Lipinski definition) is 1. The molecule has 154 valence electrons. The molecule has 0 aromatic heterocycles. The second-order valence-corrected chi connectivity index (χ2v) is 11.2. The van der Waals surface area contributed by atoms with Gasteiger partial charge >= 0.3 is 0 Å². The van der Waals surface area contributed by atoms with Gasteiger partial charge in [-0.05, 0) is 56.1 Å². The van der Waals surface area contributed by atoms with Gasteiger partial charge < -0.3 is 5.32 Å². The number of fused-ring (bicyclic) bond motifs is 2. The predicted molar refractivity (Wildman–Crippen MR) is 111 cm³/mol. The Morgan fingerprint density at radius 1 is 1.14 bits per heavy atom. The molecule has 8 heteroatoms. The lowest BCUT2D eigenvalue weighted by Crippen LogP contribution is -2.48. The summed E-state index contributed by atoms with van der Waals surface area (Å²) in [6.07, 6.45) is 6.22. The number of benzene rings is 1. The van der Waals surface area contributed by atoms with Crippen LogP contribution in [0, 0.1) is 17.8 Å². The molecule has 4 rings (SSSR count). The van der Waals surface area contributed by atoms with Crippen molar-refractivity contribution in [2.45, 2.75) is 50.3 Å². The number of nitrogens with one attached hydrogen (secondary N) is 1. The molecule has 3 aliphatic rings. The fourth-order valence-corrected chi connectivity index (χ4v) is 7.44. The van der Waals surface area contributed by atoms with Crippen molar-refractivity contribution in [3.05, 3.63) is 33.8 Å². The highest BCUT2D eigenvalue weighted by Gasteiger charge is 2.41. The van der Waals surface area contributed by atoms with Crippen molar-refractivity contribution in [2.75, 3.05) is 13.1 Å². The van der Waals surface area contributed by atoms with Crippen LogP contribution >= 0.6 is 23.2 Å². The number of amides is 1. The first-order chi connectivity index (χ1) is 13.3. The topological polar surface area (TPSA) is 66.5 Å². The van der Waals surface area contributed by atoms with E-state index in [-0.39, 0.29) is 30.2 Å². The summed E-state index contributed by atoms with van der Waals surface area (Å²) in [6, 6.07) is 5.25. The Balaban J connectivity index is 1.40. The quantitative estimate of drug-likeness (QED) is 0.749. The fraction of sp³-hybridized carbons (Fsp3) is 0.650. The number of sulfonamides is 1. The molecule has 3 fully saturated rings. The third kappa shape index (κ3) is 4.20. The van der Waals surface area contributed by atoms with Gasteiger partial charge in [-0.25, -0.2) is 12.7 Å². The summed E-state index contributed by atoms with van der Waals surface area (Å²) in [4.78, 5) is 12.8. The summed E-state index contributed by atoms with van der Waals surface area (Å²) in [5, 5.41) is 3.91. The zero-order valence-electron chi connectivity index (χ0n) is 15.7.